The molecule has 34 heavy (non-hydrogen) atoms. The van der Waals surface area contributed by atoms with E-state index in [-0.39, 0.29) is 16.9 Å². The van der Waals surface area contributed by atoms with Gasteiger partial charge in [0.05, 0.1) is 18.5 Å². The molecule has 2 fully saturated rings. The predicted octanol–water partition coefficient (Wildman–Crippen LogP) is 5.25. The average Bonchev–Trinajstić information content (AvgIpc) is 3.06. The third kappa shape index (κ3) is 4.06. The largest absolute Gasteiger partial charge is 0.507 e. The Morgan fingerprint density at radius 1 is 1.00 bits per heavy atom. The molecule has 178 valence electrons. The van der Waals surface area contributed by atoms with Crippen LogP contribution in [0.3, 0.4) is 0 Å². The van der Waals surface area contributed by atoms with Gasteiger partial charge in [-0.3, -0.25) is 0 Å². The van der Waals surface area contributed by atoms with Gasteiger partial charge in [0, 0.05) is 30.3 Å². The summed E-state index contributed by atoms with van der Waals surface area (Å²) < 4.78 is 20.1. The molecule has 1 N–H and O–H groups in total. The molecule has 5 rings (SSSR count). The molecule has 2 heterocycles. The molecule has 3 atom stereocenters. The minimum Gasteiger partial charge on any atom is -0.507 e. The Morgan fingerprint density at radius 3 is 2.38 bits per heavy atom. The SMILES string of the molecule is COc1cc(-c2cc(O)c(-c3ccc(N(C)[C@H]4C[C@]5(C)CC[C@](C)(C4)C5)nn3)cc2F)ncn1. The van der Waals surface area contributed by atoms with Crippen LogP contribution in [0.2, 0.25) is 0 Å². The summed E-state index contributed by atoms with van der Waals surface area (Å²) in [7, 11) is 3.55. The van der Waals surface area contributed by atoms with Gasteiger partial charge in [0.2, 0.25) is 5.88 Å². The molecule has 0 radical (unpaired) electrons. The first kappa shape index (κ1) is 22.5. The van der Waals surface area contributed by atoms with E-state index in [1.807, 2.05) is 6.07 Å². The zero-order valence-corrected chi connectivity index (χ0v) is 20.0. The average molecular weight is 464 g/mol. The lowest BCUT2D eigenvalue weighted by Crippen LogP contribution is -2.42. The molecule has 0 aliphatic heterocycles. The summed E-state index contributed by atoms with van der Waals surface area (Å²) in [6.07, 6.45) is 7.49. The second-order valence-electron chi connectivity index (χ2n) is 10.5. The molecule has 2 saturated carbocycles. The Balaban J connectivity index is 1.39. The number of aromatic hydroxyl groups is 1. The van der Waals surface area contributed by atoms with Crippen LogP contribution < -0.4 is 9.64 Å². The quantitative estimate of drug-likeness (QED) is 0.553. The van der Waals surface area contributed by atoms with E-state index in [1.54, 1.807) is 6.07 Å². The van der Waals surface area contributed by atoms with E-state index in [9.17, 15) is 9.50 Å². The molecule has 0 spiro atoms. The van der Waals surface area contributed by atoms with Crippen molar-refractivity contribution in [3.05, 3.63) is 42.5 Å². The van der Waals surface area contributed by atoms with Gasteiger partial charge in [0.1, 0.15) is 17.9 Å². The van der Waals surface area contributed by atoms with Crippen LogP contribution in [0.5, 0.6) is 11.6 Å². The van der Waals surface area contributed by atoms with Gasteiger partial charge in [-0.25, -0.2) is 14.4 Å². The minimum atomic E-state index is -0.532. The van der Waals surface area contributed by atoms with E-state index in [0.717, 1.165) is 18.7 Å². The summed E-state index contributed by atoms with van der Waals surface area (Å²) in [6.45, 7) is 4.82. The van der Waals surface area contributed by atoms with Gasteiger partial charge in [-0.15, -0.1) is 10.2 Å². The van der Waals surface area contributed by atoms with Crippen LogP contribution in [0.4, 0.5) is 10.2 Å². The smallest absolute Gasteiger partial charge is 0.216 e. The standard InChI is InChI=1S/C26H30FN5O2/c1-25-7-8-26(2,14-25)13-16(12-25)32(3)23-6-5-20(30-31-23)18-9-19(27)17(10-22(18)33)21-11-24(34-4)29-15-28-21/h5-6,9-11,15-16,33H,7-8,12-14H2,1-4H3/t16-,25-,26+. The number of hydrogen-bond acceptors (Lipinski definition) is 7. The van der Waals surface area contributed by atoms with Crippen molar-refractivity contribution < 1.29 is 14.2 Å². The molecule has 2 aliphatic rings. The fourth-order valence-electron chi connectivity index (χ4n) is 6.05. The third-order valence-corrected chi connectivity index (χ3v) is 7.69. The lowest BCUT2D eigenvalue weighted by atomic mass is 9.68. The number of anilines is 1. The van der Waals surface area contributed by atoms with Crippen LogP contribution in [0.1, 0.15) is 46.0 Å². The number of benzene rings is 1. The van der Waals surface area contributed by atoms with Gasteiger partial charge in [-0.1, -0.05) is 13.8 Å². The van der Waals surface area contributed by atoms with Crippen LogP contribution in [-0.2, 0) is 0 Å². The van der Waals surface area contributed by atoms with Gasteiger partial charge in [-0.05, 0) is 67.2 Å². The number of nitrogens with zero attached hydrogens (tertiary/aromatic N) is 5. The summed E-state index contributed by atoms with van der Waals surface area (Å²) in [5, 5.41) is 19.4. The Morgan fingerprint density at radius 2 is 1.74 bits per heavy atom. The molecule has 2 aromatic heterocycles. The summed E-state index contributed by atoms with van der Waals surface area (Å²) in [5.41, 5.74) is 1.96. The zero-order chi connectivity index (χ0) is 24.1. The van der Waals surface area contributed by atoms with E-state index in [0.29, 0.717) is 34.1 Å². The van der Waals surface area contributed by atoms with Crippen LogP contribution in [-0.4, -0.2) is 45.5 Å². The van der Waals surface area contributed by atoms with Gasteiger partial charge < -0.3 is 14.7 Å². The highest BCUT2D eigenvalue weighted by molar-refractivity contribution is 5.74. The first-order chi connectivity index (χ1) is 16.2. The number of halogens is 1. The molecular weight excluding hydrogens is 433 g/mol. The van der Waals surface area contributed by atoms with E-state index >= 15 is 0 Å². The predicted molar refractivity (Wildman–Crippen MR) is 128 cm³/mol. The zero-order valence-electron chi connectivity index (χ0n) is 20.0. The molecule has 0 saturated heterocycles. The number of ether oxygens (including phenoxy) is 1. The van der Waals surface area contributed by atoms with E-state index in [1.165, 1.54) is 50.9 Å². The summed E-state index contributed by atoms with van der Waals surface area (Å²) in [4.78, 5) is 10.2. The maximum Gasteiger partial charge on any atom is 0.216 e. The van der Waals surface area contributed by atoms with Crippen molar-refractivity contribution in [2.24, 2.45) is 10.8 Å². The van der Waals surface area contributed by atoms with Crippen molar-refractivity contribution in [2.75, 3.05) is 19.1 Å². The molecule has 2 bridgehead atoms. The lowest BCUT2D eigenvalue weighted by Gasteiger charge is -2.44. The first-order valence-electron chi connectivity index (χ1n) is 11.6. The Hall–Kier alpha value is -3.29. The fraction of sp³-hybridized carbons (Fsp3) is 0.462. The van der Waals surface area contributed by atoms with E-state index in [2.05, 4.69) is 46.0 Å². The number of rotatable bonds is 5. The number of methoxy groups -OCH3 is 1. The second-order valence-corrected chi connectivity index (χ2v) is 10.5. The van der Waals surface area contributed by atoms with Gasteiger partial charge in [-0.2, -0.15) is 0 Å². The monoisotopic (exact) mass is 463 g/mol. The Labute approximate surface area is 199 Å². The van der Waals surface area contributed by atoms with Crippen LogP contribution >= 0.6 is 0 Å². The van der Waals surface area contributed by atoms with Crippen LogP contribution in [0.25, 0.3) is 22.5 Å². The fourth-order valence-corrected chi connectivity index (χ4v) is 6.05. The highest BCUT2D eigenvalue weighted by atomic mass is 19.1. The van der Waals surface area contributed by atoms with Crippen molar-refractivity contribution in [3.63, 3.8) is 0 Å². The Bertz CT molecular complexity index is 1200. The first-order valence-corrected chi connectivity index (χ1v) is 11.6. The van der Waals surface area contributed by atoms with Crippen molar-refractivity contribution in [1.29, 1.82) is 0 Å². The maximum atomic E-state index is 15.0. The van der Waals surface area contributed by atoms with Gasteiger partial charge in [0.15, 0.2) is 5.82 Å². The molecule has 7 nitrogen and oxygen atoms in total. The number of phenols is 1. The molecule has 2 aliphatic carbocycles. The highest BCUT2D eigenvalue weighted by Gasteiger charge is 2.50. The minimum absolute atomic E-state index is 0.103. The van der Waals surface area contributed by atoms with Crippen molar-refractivity contribution in [3.8, 4) is 34.1 Å². The second kappa shape index (κ2) is 8.18. The Kier molecular flexibility index (Phi) is 5.41. The third-order valence-electron chi connectivity index (χ3n) is 7.69. The van der Waals surface area contributed by atoms with E-state index in [4.69, 9.17) is 4.74 Å². The maximum absolute atomic E-state index is 15.0. The summed E-state index contributed by atoms with van der Waals surface area (Å²) >= 11 is 0. The van der Waals surface area contributed by atoms with Gasteiger partial charge >= 0.3 is 0 Å². The number of fused-ring (bicyclic) bond motifs is 2. The number of hydrogen-bond donors (Lipinski definition) is 1. The van der Waals surface area contributed by atoms with Crippen molar-refractivity contribution in [2.45, 2.75) is 52.0 Å². The number of aromatic nitrogens is 4. The van der Waals surface area contributed by atoms with Gasteiger partial charge in [0.25, 0.3) is 0 Å². The topological polar surface area (TPSA) is 84.3 Å². The van der Waals surface area contributed by atoms with Crippen LogP contribution in [0.15, 0.2) is 36.7 Å². The molecule has 3 aromatic rings. The molecule has 0 amide bonds. The summed E-state index contributed by atoms with van der Waals surface area (Å²) in [5.74, 6) is 0.462. The van der Waals surface area contributed by atoms with Crippen molar-refractivity contribution in [1.82, 2.24) is 20.2 Å². The van der Waals surface area contributed by atoms with E-state index < -0.39 is 5.82 Å². The lowest BCUT2D eigenvalue weighted by molar-refractivity contribution is 0.148. The highest BCUT2D eigenvalue weighted by Crippen LogP contribution is 2.58. The normalized spacial score (nSPS) is 25.9. The summed E-state index contributed by atoms with van der Waals surface area (Å²) in [6, 6.07) is 8.20. The number of phenolic OH excluding ortho intramolecular Hbond substituents is 1. The van der Waals surface area contributed by atoms with Crippen molar-refractivity contribution >= 4 is 5.82 Å². The van der Waals surface area contributed by atoms with Crippen LogP contribution in [0, 0.1) is 16.6 Å². The molecule has 0 unspecified atom stereocenters. The molecular formula is C26H30FN5O2. The molecule has 1 aromatic carbocycles. The molecule has 8 heteroatoms.